The van der Waals surface area contributed by atoms with Gasteiger partial charge in [0.25, 0.3) is 0 Å². The van der Waals surface area contributed by atoms with Crippen molar-refractivity contribution < 1.29 is 23.8 Å². The van der Waals surface area contributed by atoms with E-state index >= 15 is 0 Å². The predicted octanol–water partition coefficient (Wildman–Crippen LogP) is 4.94. The van der Waals surface area contributed by atoms with Crippen LogP contribution in [-0.4, -0.2) is 24.3 Å². The summed E-state index contributed by atoms with van der Waals surface area (Å²) in [6.45, 7) is 3.32. The molecule has 0 spiro atoms. The summed E-state index contributed by atoms with van der Waals surface area (Å²) in [7, 11) is 0. The van der Waals surface area contributed by atoms with Gasteiger partial charge in [-0.05, 0) is 18.6 Å². The van der Waals surface area contributed by atoms with Crippen LogP contribution >= 0.6 is 0 Å². The van der Waals surface area contributed by atoms with E-state index in [9.17, 15) is 9.18 Å². The van der Waals surface area contributed by atoms with Crippen LogP contribution in [0.1, 0.15) is 74.1 Å². The Kier molecular flexibility index (Phi) is 7.66. The molecule has 4 nitrogen and oxygen atoms in total. The number of carboxylic acid groups (broad SMARTS) is 1. The lowest BCUT2D eigenvalue weighted by molar-refractivity contribution is -0.207. The maximum absolute atomic E-state index is 14.0. The third-order valence-corrected chi connectivity index (χ3v) is 4.43. The third-order valence-electron chi connectivity index (χ3n) is 4.43. The summed E-state index contributed by atoms with van der Waals surface area (Å²) in [5.74, 6) is -1.40. The van der Waals surface area contributed by atoms with Gasteiger partial charge in [0, 0.05) is 11.5 Å². The van der Waals surface area contributed by atoms with Crippen molar-refractivity contribution in [2.75, 3.05) is 13.2 Å². The van der Waals surface area contributed by atoms with Crippen molar-refractivity contribution in [3.05, 3.63) is 35.1 Å². The van der Waals surface area contributed by atoms with Crippen molar-refractivity contribution in [3.63, 3.8) is 0 Å². The molecule has 1 saturated heterocycles. The smallest absolute Gasteiger partial charge is 0.335 e. The molecule has 0 radical (unpaired) electrons. The largest absolute Gasteiger partial charge is 0.478 e. The van der Waals surface area contributed by atoms with E-state index in [1.165, 1.54) is 50.7 Å². The molecule has 5 heteroatoms. The monoisotopic (exact) mass is 338 g/mol. The third kappa shape index (κ3) is 5.56. The molecule has 1 aromatic rings. The Hall–Kier alpha value is -1.46. The van der Waals surface area contributed by atoms with Gasteiger partial charge in [0.15, 0.2) is 6.29 Å². The highest BCUT2D eigenvalue weighted by Gasteiger charge is 2.25. The fraction of sp³-hybridized carbons (Fsp3) is 0.632. The zero-order valence-corrected chi connectivity index (χ0v) is 14.3. The molecule has 2 rings (SSSR count). The number of carboxylic acids is 1. The van der Waals surface area contributed by atoms with Crippen molar-refractivity contribution in [1.82, 2.24) is 0 Å². The Morgan fingerprint density at radius 3 is 2.46 bits per heavy atom. The van der Waals surface area contributed by atoms with Crippen LogP contribution in [0.15, 0.2) is 18.2 Å². The van der Waals surface area contributed by atoms with Gasteiger partial charge in [0.05, 0.1) is 18.8 Å². The summed E-state index contributed by atoms with van der Waals surface area (Å²) >= 11 is 0. The van der Waals surface area contributed by atoms with E-state index in [1.54, 1.807) is 0 Å². The zero-order valence-electron chi connectivity index (χ0n) is 14.3. The first-order valence-corrected chi connectivity index (χ1v) is 8.87. The molecule has 134 valence electrons. The fourth-order valence-electron chi connectivity index (χ4n) is 2.95. The molecule has 1 N–H and O–H groups in total. The number of carbonyl (C=O) groups is 1. The van der Waals surface area contributed by atoms with Crippen LogP contribution in [0.4, 0.5) is 4.39 Å². The Morgan fingerprint density at radius 2 is 1.83 bits per heavy atom. The molecule has 0 saturated carbocycles. The second-order valence-electron chi connectivity index (χ2n) is 6.46. The van der Waals surface area contributed by atoms with Crippen molar-refractivity contribution in [3.8, 4) is 0 Å². The topological polar surface area (TPSA) is 55.8 Å². The number of ether oxygens (including phenoxy) is 2. The molecule has 0 atom stereocenters. The van der Waals surface area contributed by atoms with E-state index in [1.807, 2.05) is 0 Å². The maximum atomic E-state index is 14.0. The number of hydrogen-bond donors (Lipinski definition) is 1. The second kappa shape index (κ2) is 9.74. The van der Waals surface area contributed by atoms with E-state index in [4.69, 9.17) is 14.6 Å². The van der Waals surface area contributed by atoms with Gasteiger partial charge in [-0.15, -0.1) is 0 Å². The van der Waals surface area contributed by atoms with Crippen LogP contribution in [0, 0.1) is 11.7 Å². The minimum absolute atomic E-state index is 0.0759. The molecule has 1 aliphatic heterocycles. The van der Waals surface area contributed by atoms with Crippen LogP contribution in [-0.2, 0) is 9.47 Å². The van der Waals surface area contributed by atoms with Gasteiger partial charge in [-0.25, -0.2) is 9.18 Å². The fourth-order valence-corrected chi connectivity index (χ4v) is 2.95. The van der Waals surface area contributed by atoms with Gasteiger partial charge in [0.1, 0.15) is 5.82 Å². The van der Waals surface area contributed by atoms with Crippen molar-refractivity contribution in [2.24, 2.45) is 5.92 Å². The van der Waals surface area contributed by atoms with Crippen molar-refractivity contribution >= 4 is 5.97 Å². The number of hydrogen-bond acceptors (Lipinski definition) is 3. The molecular formula is C19H27FO4. The molecule has 1 aromatic carbocycles. The molecule has 1 aliphatic rings. The number of aromatic carboxylic acids is 1. The van der Waals surface area contributed by atoms with Gasteiger partial charge in [-0.1, -0.05) is 51.5 Å². The summed E-state index contributed by atoms with van der Waals surface area (Å²) < 4.78 is 25.3. The maximum Gasteiger partial charge on any atom is 0.335 e. The molecular weight excluding hydrogens is 311 g/mol. The first-order chi connectivity index (χ1) is 11.6. The number of halogens is 1. The van der Waals surface area contributed by atoms with Crippen LogP contribution in [0.25, 0.3) is 0 Å². The van der Waals surface area contributed by atoms with Gasteiger partial charge >= 0.3 is 5.97 Å². The van der Waals surface area contributed by atoms with Crippen molar-refractivity contribution in [1.29, 1.82) is 0 Å². The van der Waals surface area contributed by atoms with E-state index in [-0.39, 0.29) is 11.1 Å². The summed E-state index contributed by atoms with van der Waals surface area (Å²) in [6, 6.07) is 3.81. The Morgan fingerprint density at radius 1 is 1.17 bits per heavy atom. The van der Waals surface area contributed by atoms with Gasteiger partial charge in [-0.3, -0.25) is 0 Å². The van der Waals surface area contributed by atoms with E-state index < -0.39 is 18.1 Å². The number of rotatable bonds is 9. The molecule has 0 amide bonds. The average molecular weight is 338 g/mol. The Bertz CT molecular complexity index is 524. The molecule has 0 unspecified atom stereocenters. The molecule has 0 aromatic heterocycles. The first-order valence-electron chi connectivity index (χ1n) is 8.87. The highest BCUT2D eigenvalue weighted by molar-refractivity contribution is 5.87. The van der Waals surface area contributed by atoms with Gasteiger partial charge < -0.3 is 14.6 Å². The van der Waals surface area contributed by atoms with Crippen LogP contribution in [0.3, 0.4) is 0 Å². The predicted molar refractivity (Wildman–Crippen MR) is 89.5 cm³/mol. The summed E-state index contributed by atoms with van der Waals surface area (Å²) in [5.41, 5.74) is 0.186. The SMILES string of the molecule is CCCCCCCCC1COC(c2ccc(C(=O)O)cc2F)OC1. The molecule has 24 heavy (non-hydrogen) atoms. The van der Waals surface area contributed by atoms with Gasteiger partial charge in [0.2, 0.25) is 0 Å². The van der Waals surface area contributed by atoms with E-state index in [2.05, 4.69) is 6.92 Å². The van der Waals surface area contributed by atoms with Crippen LogP contribution < -0.4 is 0 Å². The van der Waals surface area contributed by atoms with Crippen LogP contribution in [0.5, 0.6) is 0 Å². The van der Waals surface area contributed by atoms with Crippen LogP contribution in [0.2, 0.25) is 0 Å². The molecule has 1 heterocycles. The molecule has 0 bridgehead atoms. The molecule has 0 aliphatic carbocycles. The quantitative estimate of drug-likeness (QED) is 0.648. The Balaban J connectivity index is 1.73. The highest BCUT2D eigenvalue weighted by Crippen LogP contribution is 2.29. The lowest BCUT2D eigenvalue weighted by Gasteiger charge is -2.30. The summed E-state index contributed by atoms with van der Waals surface area (Å²) in [5, 5.41) is 8.87. The lowest BCUT2D eigenvalue weighted by atomic mass is 10.0. The summed E-state index contributed by atoms with van der Waals surface area (Å²) in [4.78, 5) is 10.8. The average Bonchev–Trinajstić information content (AvgIpc) is 2.58. The highest BCUT2D eigenvalue weighted by atomic mass is 19.1. The number of benzene rings is 1. The second-order valence-corrected chi connectivity index (χ2v) is 6.46. The Labute approximate surface area is 143 Å². The van der Waals surface area contributed by atoms with Crippen molar-refractivity contribution in [2.45, 2.75) is 58.2 Å². The normalized spacial score (nSPS) is 20.9. The number of unbranched alkanes of at least 4 members (excludes halogenated alkanes) is 5. The lowest BCUT2D eigenvalue weighted by Crippen LogP contribution is -2.27. The summed E-state index contributed by atoms with van der Waals surface area (Å²) in [6.07, 6.45) is 7.90. The minimum Gasteiger partial charge on any atom is -0.478 e. The minimum atomic E-state index is -1.15. The van der Waals surface area contributed by atoms with E-state index in [0.717, 1.165) is 12.5 Å². The van der Waals surface area contributed by atoms with Gasteiger partial charge in [-0.2, -0.15) is 0 Å². The first kappa shape index (κ1) is 18.9. The molecule has 1 fully saturated rings. The zero-order chi connectivity index (χ0) is 17.4. The standard InChI is InChI=1S/C19H27FO4/c1-2-3-4-5-6-7-8-14-12-23-19(24-13-14)16-10-9-15(18(21)22)11-17(16)20/h9-11,14,19H,2-8,12-13H2,1H3,(H,21,22). The van der Waals surface area contributed by atoms with E-state index in [0.29, 0.717) is 19.1 Å².